The molecule has 0 atom stereocenters. The van der Waals surface area contributed by atoms with Crippen LogP contribution in [0.5, 0.6) is 0 Å². The summed E-state index contributed by atoms with van der Waals surface area (Å²) in [7, 11) is 1.78. The van der Waals surface area contributed by atoms with Gasteiger partial charge in [0, 0.05) is 29.0 Å². The van der Waals surface area contributed by atoms with E-state index in [1.165, 1.54) is 0 Å². The van der Waals surface area contributed by atoms with Gasteiger partial charge in [-0.15, -0.1) is 0 Å². The molecule has 2 N–H and O–H groups in total. The van der Waals surface area contributed by atoms with E-state index < -0.39 is 0 Å². The second-order valence-electron chi connectivity index (χ2n) is 4.61. The molecule has 0 radical (unpaired) electrons. The van der Waals surface area contributed by atoms with E-state index in [1.54, 1.807) is 25.4 Å². The molecule has 0 unspecified atom stereocenters. The number of aromatic nitrogens is 2. The van der Waals surface area contributed by atoms with Crippen LogP contribution in [0.15, 0.2) is 28.9 Å². The molecule has 0 aliphatic carbocycles. The van der Waals surface area contributed by atoms with Crippen molar-refractivity contribution in [1.29, 1.82) is 0 Å². The molecule has 2 heterocycles. The van der Waals surface area contributed by atoms with Gasteiger partial charge in [-0.1, -0.05) is 6.92 Å². The monoisotopic (exact) mass is 348 g/mol. The smallest absolute Gasteiger partial charge is 0.257 e. The van der Waals surface area contributed by atoms with Crippen molar-refractivity contribution in [2.24, 2.45) is 0 Å². The van der Waals surface area contributed by atoms with E-state index >= 15 is 0 Å². The Labute approximate surface area is 132 Å². The van der Waals surface area contributed by atoms with Gasteiger partial charge in [0.1, 0.15) is 11.6 Å². The summed E-state index contributed by atoms with van der Waals surface area (Å²) in [5.41, 5.74) is 2.45. The Kier molecular flexibility index (Phi) is 4.90. The largest absolute Gasteiger partial charge is 0.373 e. The molecule has 6 heteroatoms. The van der Waals surface area contributed by atoms with E-state index in [0.29, 0.717) is 17.2 Å². The first-order valence-electron chi connectivity index (χ1n) is 6.65. The third-order valence-corrected chi connectivity index (χ3v) is 3.88. The van der Waals surface area contributed by atoms with Crippen molar-refractivity contribution in [3.63, 3.8) is 0 Å². The first kappa shape index (κ1) is 15.4. The number of anilines is 2. The van der Waals surface area contributed by atoms with Crippen molar-refractivity contribution < 1.29 is 4.79 Å². The highest BCUT2D eigenvalue weighted by molar-refractivity contribution is 9.10. The van der Waals surface area contributed by atoms with Gasteiger partial charge in [0.2, 0.25) is 0 Å². The molecular weight excluding hydrogens is 332 g/mol. The Morgan fingerprint density at radius 3 is 2.67 bits per heavy atom. The van der Waals surface area contributed by atoms with E-state index in [-0.39, 0.29) is 5.91 Å². The SMILES string of the molecule is CCc1cc(C(=O)Nc2cc(C)c(Br)cn2)cc(NC)n1. The number of pyridine rings is 2. The van der Waals surface area contributed by atoms with Gasteiger partial charge in [0.05, 0.1) is 0 Å². The van der Waals surface area contributed by atoms with Crippen molar-refractivity contribution in [2.75, 3.05) is 17.7 Å². The number of hydrogen-bond acceptors (Lipinski definition) is 4. The topological polar surface area (TPSA) is 66.9 Å². The molecule has 0 saturated heterocycles. The second-order valence-corrected chi connectivity index (χ2v) is 5.46. The third kappa shape index (κ3) is 3.78. The molecule has 0 fully saturated rings. The molecule has 2 rings (SSSR count). The number of hydrogen-bond donors (Lipinski definition) is 2. The zero-order valence-electron chi connectivity index (χ0n) is 12.2. The highest BCUT2D eigenvalue weighted by Gasteiger charge is 2.10. The summed E-state index contributed by atoms with van der Waals surface area (Å²) >= 11 is 3.39. The number of nitrogens with zero attached hydrogens (tertiary/aromatic N) is 2. The van der Waals surface area contributed by atoms with Gasteiger partial charge in [-0.3, -0.25) is 4.79 Å². The summed E-state index contributed by atoms with van der Waals surface area (Å²) in [5.74, 6) is 1.01. The summed E-state index contributed by atoms with van der Waals surface area (Å²) in [5, 5.41) is 5.77. The second kappa shape index (κ2) is 6.67. The Morgan fingerprint density at radius 2 is 2.05 bits per heavy atom. The Hall–Kier alpha value is -1.95. The van der Waals surface area contributed by atoms with Gasteiger partial charge in [-0.25, -0.2) is 9.97 Å². The lowest BCUT2D eigenvalue weighted by Crippen LogP contribution is -2.14. The first-order valence-corrected chi connectivity index (χ1v) is 7.45. The van der Waals surface area contributed by atoms with Crippen LogP contribution in [0.1, 0.15) is 28.5 Å². The maximum Gasteiger partial charge on any atom is 0.257 e. The van der Waals surface area contributed by atoms with Crippen molar-refractivity contribution >= 4 is 33.5 Å². The fraction of sp³-hybridized carbons (Fsp3) is 0.267. The molecule has 0 aliphatic heterocycles. The van der Waals surface area contributed by atoms with Crippen LogP contribution in [-0.4, -0.2) is 22.9 Å². The van der Waals surface area contributed by atoms with Gasteiger partial charge >= 0.3 is 0 Å². The molecule has 1 amide bonds. The van der Waals surface area contributed by atoms with E-state index in [4.69, 9.17) is 0 Å². The third-order valence-electron chi connectivity index (χ3n) is 3.05. The number of nitrogens with one attached hydrogen (secondary N) is 2. The van der Waals surface area contributed by atoms with Crippen LogP contribution in [0, 0.1) is 6.92 Å². The van der Waals surface area contributed by atoms with Crippen molar-refractivity contribution in [3.05, 3.63) is 45.7 Å². The van der Waals surface area contributed by atoms with Gasteiger partial charge in [0.25, 0.3) is 5.91 Å². The molecule has 110 valence electrons. The van der Waals surface area contributed by atoms with Gasteiger partial charge in [-0.2, -0.15) is 0 Å². The summed E-state index contributed by atoms with van der Waals surface area (Å²) in [6, 6.07) is 5.34. The maximum atomic E-state index is 12.3. The molecule has 0 aromatic carbocycles. The molecule has 0 aliphatic rings. The number of halogens is 1. The number of carbonyl (C=O) groups is 1. The molecule has 2 aromatic rings. The zero-order valence-corrected chi connectivity index (χ0v) is 13.8. The minimum absolute atomic E-state index is 0.196. The average Bonchev–Trinajstić information content (AvgIpc) is 2.50. The first-order chi connectivity index (χ1) is 10.0. The number of amides is 1. The van der Waals surface area contributed by atoms with Crippen molar-refractivity contribution in [2.45, 2.75) is 20.3 Å². The van der Waals surface area contributed by atoms with Crippen LogP contribution in [-0.2, 0) is 6.42 Å². The molecular formula is C15H17BrN4O. The highest BCUT2D eigenvalue weighted by Crippen LogP contribution is 2.18. The average molecular weight is 349 g/mol. The lowest BCUT2D eigenvalue weighted by molar-refractivity contribution is 0.102. The van der Waals surface area contributed by atoms with Crippen LogP contribution in [0.3, 0.4) is 0 Å². The Morgan fingerprint density at radius 1 is 1.29 bits per heavy atom. The van der Waals surface area contributed by atoms with Gasteiger partial charge in [-0.05, 0) is 53.0 Å². The molecule has 2 aromatic heterocycles. The van der Waals surface area contributed by atoms with Crippen LogP contribution >= 0.6 is 15.9 Å². The van der Waals surface area contributed by atoms with Crippen LogP contribution in [0.2, 0.25) is 0 Å². The summed E-state index contributed by atoms with van der Waals surface area (Å²) in [6.45, 7) is 3.95. The fourth-order valence-electron chi connectivity index (χ4n) is 1.82. The number of aryl methyl sites for hydroxylation is 2. The van der Waals surface area contributed by atoms with Gasteiger partial charge in [0.15, 0.2) is 0 Å². The quantitative estimate of drug-likeness (QED) is 0.888. The maximum absolute atomic E-state index is 12.3. The standard InChI is InChI=1S/C15H17BrN4O/c1-4-11-6-10(7-13(17-3)19-11)15(21)20-14-5-9(2)12(16)8-18-14/h5-8H,4H2,1-3H3,(H,17,19)(H,18,20,21). The lowest BCUT2D eigenvalue weighted by atomic mass is 10.2. The fourth-order valence-corrected chi connectivity index (χ4v) is 2.04. The molecule has 21 heavy (non-hydrogen) atoms. The van der Waals surface area contributed by atoms with Crippen molar-refractivity contribution in [3.8, 4) is 0 Å². The molecule has 0 spiro atoms. The Bertz CT molecular complexity index is 650. The summed E-state index contributed by atoms with van der Waals surface area (Å²) in [6.07, 6.45) is 2.44. The predicted molar refractivity (Wildman–Crippen MR) is 87.8 cm³/mol. The predicted octanol–water partition coefficient (Wildman–Crippen LogP) is 3.40. The van der Waals surface area contributed by atoms with Gasteiger partial charge < -0.3 is 10.6 Å². The molecule has 0 bridgehead atoms. The Balaban J connectivity index is 2.25. The molecule has 0 saturated carbocycles. The minimum Gasteiger partial charge on any atom is -0.373 e. The van der Waals surface area contributed by atoms with E-state index in [1.807, 2.05) is 19.9 Å². The number of rotatable bonds is 4. The van der Waals surface area contributed by atoms with E-state index in [2.05, 4.69) is 36.5 Å². The molecule has 5 nitrogen and oxygen atoms in total. The lowest BCUT2D eigenvalue weighted by Gasteiger charge is -2.09. The normalized spacial score (nSPS) is 10.3. The van der Waals surface area contributed by atoms with Crippen LogP contribution in [0.4, 0.5) is 11.6 Å². The van der Waals surface area contributed by atoms with Crippen LogP contribution < -0.4 is 10.6 Å². The van der Waals surface area contributed by atoms with Crippen molar-refractivity contribution in [1.82, 2.24) is 9.97 Å². The summed E-state index contributed by atoms with van der Waals surface area (Å²) < 4.78 is 0.912. The van der Waals surface area contributed by atoms with Crippen LogP contribution in [0.25, 0.3) is 0 Å². The highest BCUT2D eigenvalue weighted by atomic mass is 79.9. The van der Waals surface area contributed by atoms with E-state index in [0.717, 1.165) is 22.2 Å². The summed E-state index contributed by atoms with van der Waals surface area (Å²) in [4.78, 5) is 20.9. The zero-order chi connectivity index (χ0) is 15.4. The minimum atomic E-state index is -0.196. The van der Waals surface area contributed by atoms with E-state index in [9.17, 15) is 4.79 Å². The number of carbonyl (C=O) groups excluding carboxylic acids is 1.